The van der Waals surface area contributed by atoms with Gasteiger partial charge in [0.05, 0.1) is 5.69 Å². The Labute approximate surface area is 203 Å². The molecular weight excluding hydrogens is 452 g/mol. The summed E-state index contributed by atoms with van der Waals surface area (Å²) >= 11 is 7.47. The van der Waals surface area contributed by atoms with Crippen molar-refractivity contribution in [3.05, 3.63) is 99.5 Å². The fraction of sp³-hybridized carbons (Fsp3) is 0.185. The monoisotopic (exact) mass is 476 g/mol. The first-order valence-electron chi connectivity index (χ1n) is 11.0. The standard InChI is InChI=1S/C27H25ClN2O2S/c1-3-4-8-19-12-15-21(16-13-19)30-26(31)24(29-23-17-20(28)14-11-18(23)2)25(27(30)32)33-22-9-6-5-7-10-22/h5-7,9-17,29H,3-4,8H2,1-2H3. The van der Waals surface area contributed by atoms with E-state index in [4.69, 9.17) is 11.6 Å². The second kappa shape index (κ2) is 10.3. The molecule has 0 saturated heterocycles. The lowest BCUT2D eigenvalue weighted by Gasteiger charge is -2.16. The summed E-state index contributed by atoms with van der Waals surface area (Å²) in [5, 5.41) is 3.75. The molecule has 4 nitrogen and oxygen atoms in total. The number of benzene rings is 3. The summed E-state index contributed by atoms with van der Waals surface area (Å²) in [6.45, 7) is 4.08. The molecule has 0 radical (unpaired) electrons. The number of hydrogen-bond donors (Lipinski definition) is 1. The Balaban J connectivity index is 1.70. The number of carbonyl (C=O) groups is 2. The van der Waals surface area contributed by atoms with Gasteiger partial charge in [-0.05, 0) is 67.3 Å². The minimum absolute atomic E-state index is 0.259. The van der Waals surface area contributed by atoms with E-state index in [1.807, 2.05) is 67.6 Å². The van der Waals surface area contributed by atoms with E-state index in [1.165, 1.54) is 22.2 Å². The van der Waals surface area contributed by atoms with Crippen molar-refractivity contribution in [2.75, 3.05) is 10.2 Å². The van der Waals surface area contributed by atoms with Gasteiger partial charge in [-0.2, -0.15) is 0 Å². The number of imide groups is 1. The largest absolute Gasteiger partial charge is 0.350 e. The van der Waals surface area contributed by atoms with Crippen LogP contribution in [-0.4, -0.2) is 11.8 Å². The number of unbranched alkanes of at least 4 members (excludes halogenated alkanes) is 1. The van der Waals surface area contributed by atoms with Crippen LogP contribution in [0.15, 0.2) is 88.3 Å². The maximum Gasteiger partial charge on any atom is 0.283 e. The molecule has 1 N–H and O–H groups in total. The first kappa shape index (κ1) is 23.1. The van der Waals surface area contributed by atoms with Crippen molar-refractivity contribution in [2.24, 2.45) is 0 Å². The van der Waals surface area contributed by atoms with Crippen molar-refractivity contribution in [3.8, 4) is 0 Å². The summed E-state index contributed by atoms with van der Waals surface area (Å²) < 4.78 is 0. The predicted molar refractivity (Wildman–Crippen MR) is 137 cm³/mol. The number of rotatable bonds is 8. The highest BCUT2D eigenvalue weighted by Gasteiger charge is 2.40. The summed E-state index contributed by atoms with van der Waals surface area (Å²) in [5.74, 6) is -0.712. The Morgan fingerprint density at radius 3 is 2.36 bits per heavy atom. The molecule has 0 spiro atoms. The van der Waals surface area contributed by atoms with Crippen molar-refractivity contribution >= 4 is 46.6 Å². The molecule has 0 aromatic heterocycles. The van der Waals surface area contributed by atoms with Crippen LogP contribution in [0.2, 0.25) is 5.02 Å². The molecule has 0 saturated carbocycles. The van der Waals surface area contributed by atoms with Crippen molar-refractivity contribution in [2.45, 2.75) is 38.0 Å². The minimum Gasteiger partial charge on any atom is -0.350 e. The molecule has 1 heterocycles. The van der Waals surface area contributed by atoms with Gasteiger partial charge in [-0.1, -0.05) is 73.1 Å². The molecule has 3 aromatic carbocycles. The van der Waals surface area contributed by atoms with Gasteiger partial charge in [0, 0.05) is 15.6 Å². The Morgan fingerprint density at radius 1 is 0.939 bits per heavy atom. The second-order valence-corrected chi connectivity index (χ2v) is 9.44. The molecule has 1 aliphatic heterocycles. The average molecular weight is 477 g/mol. The highest BCUT2D eigenvalue weighted by Crippen LogP contribution is 2.38. The van der Waals surface area contributed by atoms with E-state index in [2.05, 4.69) is 12.2 Å². The lowest BCUT2D eigenvalue weighted by Crippen LogP contribution is -2.32. The van der Waals surface area contributed by atoms with E-state index in [0.717, 1.165) is 29.7 Å². The molecule has 0 aliphatic carbocycles. The summed E-state index contributed by atoms with van der Waals surface area (Å²) in [6, 6.07) is 22.7. The number of nitrogens with zero attached hydrogens (tertiary/aromatic N) is 1. The fourth-order valence-corrected chi connectivity index (χ4v) is 4.73. The molecule has 3 aromatic rings. The molecule has 0 unspecified atom stereocenters. The Hall–Kier alpha value is -3.02. The third-order valence-electron chi connectivity index (χ3n) is 5.48. The van der Waals surface area contributed by atoms with E-state index in [1.54, 1.807) is 12.1 Å². The summed E-state index contributed by atoms with van der Waals surface area (Å²) in [7, 11) is 0. The van der Waals surface area contributed by atoms with Crippen LogP contribution in [0.25, 0.3) is 0 Å². The first-order valence-corrected chi connectivity index (χ1v) is 12.2. The molecule has 0 fully saturated rings. The maximum atomic E-state index is 13.5. The normalized spacial score (nSPS) is 13.7. The zero-order chi connectivity index (χ0) is 23.4. The van der Waals surface area contributed by atoms with Gasteiger partial charge < -0.3 is 5.32 Å². The van der Waals surface area contributed by atoms with Gasteiger partial charge in [0.1, 0.15) is 10.6 Å². The number of thioether (sulfide) groups is 1. The smallest absolute Gasteiger partial charge is 0.283 e. The molecule has 6 heteroatoms. The minimum atomic E-state index is -0.376. The zero-order valence-electron chi connectivity index (χ0n) is 18.6. The number of halogens is 1. The summed E-state index contributed by atoms with van der Waals surface area (Å²) in [4.78, 5) is 29.5. The number of amides is 2. The molecule has 33 heavy (non-hydrogen) atoms. The van der Waals surface area contributed by atoms with Gasteiger partial charge in [0.2, 0.25) is 0 Å². The molecule has 4 rings (SSSR count). The van der Waals surface area contributed by atoms with E-state index in [0.29, 0.717) is 21.3 Å². The van der Waals surface area contributed by atoms with Crippen LogP contribution in [-0.2, 0) is 16.0 Å². The van der Waals surface area contributed by atoms with E-state index < -0.39 is 0 Å². The summed E-state index contributed by atoms with van der Waals surface area (Å²) in [6.07, 6.45) is 3.20. The van der Waals surface area contributed by atoms with Gasteiger partial charge >= 0.3 is 0 Å². The first-order chi connectivity index (χ1) is 16.0. The molecular formula is C27H25ClN2O2S. The van der Waals surface area contributed by atoms with Crippen LogP contribution in [0.4, 0.5) is 11.4 Å². The number of anilines is 2. The average Bonchev–Trinajstić information content (AvgIpc) is 3.05. The molecule has 0 bridgehead atoms. The third-order valence-corrected chi connectivity index (χ3v) is 6.80. The van der Waals surface area contributed by atoms with Gasteiger partial charge in [-0.3, -0.25) is 9.59 Å². The van der Waals surface area contributed by atoms with Gasteiger partial charge in [0.25, 0.3) is 11.8 Å². The van der Waals surface area contributed by atoms with Crippen molar-refractivity contribution in [1.29, 1.82) is 0 Å². The van der Waals surface area contributed by atoms with E-state index in [-0.39, 0.29) is 17.5 Å². The van der Waals surface area contributed by atoms with Crippen LogP contribution in [0.5, 0.6) is 0 Å². The SMILES string of the molecule is CCCCc1ccc(N2C(=O)C(Nc3cc(Cl)ccc3C)=C(Sc3ccccc3)C2=O)cc1. The molecule has 0 atom stereocenters. The Kier molecular flexibility index (Phi) is 7.21. The van der Waals surface area contributed by atoms with E-state index in [9.17, 15) is 9.59 Å². The third kappa shape index (κ3) is 5.15. The number of carbonyl (C=O) groups excluding carboxylic acids is 2. The van der Waals surface area contributed by atoms with Gasteiger partial charge in [-0.15, -0.1) is 0 Å². The summed E-state index contributed by atoms with van der Waals surface area (Å²) in [5.41, 5.74) is 3.64. The second-order valence-electron chi connectivity index (χ2n) is 7.92. The Morgan fingerprint density at radius 2 is 1.67 bits per heavy atom. The quantitative estimate of drug-likeness (QED) is 0.356. The van der Waals surface area contributed by atoms with Crippen LogP contribution in [0.3, 0.4) is 0 Å². The van der Waals surface area contributed by atoms with Crippen molar-refractivity contribution < 1.29 is 9.59 Å². The molecule has 1 aliphatic rings. The number of hydrogen-bond acceptors (Lipinski definition) is 4. The van der Waals surface area contributed by atoms with Crippen LogP contribution in [0, 0.1) is 6.92 Å². The highest BCUT2D eigenvalue weighted by atomic mass is 35.5. The van der Waals surface area contributed by atoms with Gasteiger partial charge in [-0.25, -0.2) is 4.90 Å². The highest BCUT2D eigenvalue weighted by molar-refractivity contribution is 8.04. The van der Waals surface area contributed by atoms with Crippen LogP contribution in [0.1, 0.15) is 30.9 Å². The molecule has 2 amide bonds. The number of aryl methyl sites for hydroxylation is 2. The predicted octanol–water partition coefficient (Wildman–Crippen LogP) is 6.98. The maximum absolute atomic E-state index is 13.5. The van der Waals surface area contributed by atoms with Crippen molar-refractivity contribution in [1.82, 2.24) is 0 Å². The Bertz CT molecular complexity index is 1210. The number of nitrogens with one attached hydrogen (secondary N) is 1. The zero-order valence-corrected chi connectivity index (χ0v) is 20.2. The van der Waals surface area contributed by atoms with E-state index >= 15 is 0 Å². The topological polar surface area (TPSA) is 49.4 Å². The van der Waals surface area contributed by atoms with Crippen LogP contribution >= 0.6 is 23.4 Å². The fourth-order valence-electron chi connectivity index (χ4n) is 3.61. The van der Waals surface area contributed by atoms with Gasteiger partial charge in [0.15, 0.2) is 0 Å². The molecule has 168 valence electrons. The van der Waals surface area contributed by atoms with Crippen molar-refractivity contribution in [3.63, 3.8) is 0 Å². The lowest BCUT2D eigenvalue weighted by atomic mass is 10.1. The van der Waals surface area contributed by atoms with Crippen LogP contribution < -0.4 is 10.2 Å². The lowest BCUT2D eigenvalue weighted by molar-refractivity contribution is -0.120.